The van der Waals surface area contributed by atoms with Crippen molar-refractivity contribution in [3.05, 3.63) is 42.6 Å². The number of pyridine rings is 1. The number of para-hydroxylation sites is 1. The van der Waals surface area contributed by atoms with Crippen LogP contribution in [0.5, 0.6) is 5.75 Å². The number of carbonyl (C=O) groups is 1. The summed E-state index contributed by atoms with van der Waals surface area (Å²) in [4.78, 5) is 23.3. The maximum Gasteiger partial charge on any atom is 0.344 e. The standard InChI is InChI=1S/C16H15N3O3/c1-2-21-14(20)10-22-13-8-4-3-6-11(13)15-18-12-7-5-9-17-16(12)19-15/h3-9H,2,10H2,1H3,(H,17,18,19). The van der Waals surface area contributed by atoms with E-state index in [4.69, 9.17) is 9.47 Å². The summed E-state index contributed by atoms with van der Waals surface area (Å²) in [6.07, 6.45) is 1.69. The van der Waals surface area contributed by atoms with E-state index in [1.165, 1.54) is 0 Å². The van der Waals surface area contributed by atoms with Crippen LogP contribution in [0.15, 0.2) is 42.6 Å². The zero-order chi connectivity index (χ0) is 15.4. The fraction of sp³-hybridized carbons (Fsp3) is 0.188. The number of nitrogens with zero attached hydrogens (tertiary/aromatic N) is 2. The molecule has 0 unspecified atom stereocenters. The Bertz CT molecular complexity index is 765. The highest BCUT2D eigenvalue weighted by Gasteiger charge is 2.12. The van der Waals surface area contributed by atoms with Gasteiger partial charge in [-0.1, -0.05) is 12.1 Å². The number of ether oxygens (including phenoxy) is 2. The molecule has 3 aromatic rings. The van der Waals surface area contributed by atoms with Gasteiger partial charge in [0.1, 0.15) is 11.6 Å². The lowest BCUT2D eigenvalue weighted by atomic mass is 10.2. The first-order chi connectivity index (χ1) is 10.8. The Morgan fingerprint density at radius 2 is 2.09 bits per heavy atom. The van der Waals surface area contributed by atoms with E-state index in [-0.39, 0.29) is 6.61 Å². The van der Waals surface area contributed by atoms with E-state index in [0.29, 0.717) is 23.8 Å². The first-order valence-electron chi connectivity index (χ1n) is 6.96. The average Bonchev–Trinajstić information content (AvgIpc) is 2.97. The number of fused-ring (bicyclic) bond motifs is 1. The summed E-state index contributed by atoms with van der Waals surface area (Å²) in [5, 5.41) is 0. The van der Waals surface area contributed by atoms with Gasteiger partial charge in [-0.25, -0.2) is 14.8 Å². The molecule has 0 aliphatic carbocycles. The zero-order valence-corrected chi connectivity index (χ0v) is 12.1. The zero-order valence-electron chi connectivity index (χ0n) is 12.1. The van der Waals surface area contributed by atoms with E-state index in [1.807, 2.05) is 30.3 Å². The highest BCUT2D eigenvalue weighted by molar-refractivity contribution is 5.78. The molecule has 6 heteroatoms. The molecule has 0 fully saturated rings. The molecule has 1 N–H and O–H groups in total. The summed E-state index contributed by atoms with van der Waals surface area (Å²) in [5.41, 5.74) is 2.25. The summed E-state index contributed by atoms with van der Waals surface area (Å²) in [7, 11) is 0. The molecule has 0 aliphatic heterocycles. The van der Waals surface area contributed by atoms with E-state index >= 15 is 0 Å². The van der Waals surface area contributed by atoms with Crippen molar-refractivity contribution in [2.24, 2.45) is 0 Å². The molecule has 0 spiro atoms. The molecule has 1 aromatic carbocycles. The average molecular weight is 297 g/mol. The highest BCUT2D eigenvalue weighted by Crippen LogP contribution is 2.28. The predicted molar refractivity (Wildman–Crippen MR) is 81.5 cm³/mol. The maximum atomic E-state index is 11.4. The van der Waals surface area contributed by atoms with Crippen molar-refractivity contribution in [1.29, 1.82) is 0 Å². The number of benzene rings is 1. The van der Waals surface area contributed by atoms with Crippen LogP contribution >= 0.6 is 0 Å². The van der Waals surface area contributed by atoms with Crippen molar-refractivity contribution in [3.63, 3.8) is 0 Å². The van der Waals surface area contributed by atoms with Crippen LogP contribution in [-0.4, -0.2) is 34.1 Å². The van der Waals surface area contributed by atoms with Gasteiger partial charge in [0.05, 0.1) is 17.7 Å². The van der Waals surface area contributed by atoms with E-state index in [1.54, 1.807) is 19.2 Å². The molecule has 2 heterocycles. The Kier molecular flexibility index (Phi) is 4.00. The number of hydrogen-bond donors (Lipinski definition) is 1. The summed E-state index contributed by atoms with van der Waals surface area (Å²) >= 11 is 0. The fourth-order valence-electron chi connectivity index (χ4n) is 2.10. The molecule has 2 aromatic heterocycles. The third-order valence-corrected chi connectivity index (χ3v) is 3.05. The van der Waals surface area contributed by atoms with E-state index in [0.717, 1.165) is 11.1 Å². The summed E-state index contributed by atoms with van der Waals surface area (Å²) in [6.45, 7) is 1.95. The lowest BCUT2D eigenvalue weighted by molar-refractivity contribution is -0.145. The summed E-state index contributed by atoms with van der Waals surface area (Å²) in [5.74, 6) is 0.811. The second-order valence-corrected chi connectivity index (χ2v) is 4.55. The van der Waals surface area contributed by atoms with Crippen molar-refractivity contribution < 1.29 is 14.3 Å². The number of imidazole rings is 1. The van der Waals surface area contributed by atoms with Gasteiger partial charge in [-0.05, 0) is 31.2 Å². The van der Waals surface area contributed by atoms with Crippen LogP contribution in [0.4, 0.5) is 0 Å². The molecule has 0 saturated heterocycles. The number of hydrogen-bond acceptors (Lipinski definition) is 5. The van der Waals surface area contributed by atoms with Gasteiger partial charge in [-0.3, -0.25) is 0 Å². The quantitative estimate of drug-likeness (QED) is 0.732. The lowest BCUT2D eigenvalue weighted by Gasteiger charge is -2.09. The second kappa shape index (κ2) is 6.26. The number of esters is 1. The van der Waals surface area contributed by atoms with Crippen molar-refractivity contribution in [1.82, 2.24) is 15.0 Å². The molecular formula is C16H15N3O3. The Morgan fingerprint density at radius 1 is 1.23 bits per heavy atom. The fourth-order valence-corrected chi connectivity index (χ4v) is 2.10. The van der Waals surface area contributed by atoms with Gasteiger partial charge in [0.15, 0.2) is 12.3 Å². The van der Waals surface area contributed by atoms with Crippen LogP contribution in [0.2, 0.25) is 0 Å². The van der Waals surface area contributed by atoms with Crippen molar-refractivity contribution in [3.8, 4) is 17.1 Å². The molecule has 0 radical (unpaired) electrons. The van der Waals surface area contributed by atoms with E-state index in [9.17, 15) is 4.79 Å². The number of aromatic amines is 1. The molecule has 6 nitrogen and oxygen atoms in total. The molecule has 0 atom stereocenters. The van der Waals surface area contributed by atoms with Crippen LogP contribution in [0, 0.1) is 0 Å². The van der Waals surface area contributed by atoms with Crippen LogP contribution < -0.4 is 4.74 Å². The lowest BCUT2D eigenvalue weighted by Crippen LogP contribution is -2.14. The summed E-state index contributed by atoms with van der Waals surface area (Å²) < 4.78 is 10.4. The highest BCUT2D eigenvalue weighted by atomic mass is 16.6. The van der Waals surface area contributed by atoms with E-state index < -0.39 is 5.97 Å². The van der Waals surface area contributed by atoms with Gasteiger partial charge in [0, 0.05) is 6.20 Å². The predicted octanol–water partition coefficient (Wildman–Crippen LogP) is 2.57. The summed E-state index contributed by atoms with van der Waals surface area (Å²) in [6, 6.07) is 11.1. The minimum atomic E-state index is -0.399. The molecule has 112 valence electrons. The van der Waals surface area contributed by atoms with Crippen LogP contribution in [0.25, 0.3) is 22.6 Å². The first-order valence-corrected chi connectivity index (χ1v) is 6.96. The first kappa shape index (κ1) is 14.1. The number of nitrogens with one attached hydrogen (secondary N) is 1. The van der Waals surface area contributed by atoms with Crippen molar-refractivity contribution in [2.75, 3.05) is 13.2 Å². The Labute approximate surface area is 127 Å². The smallest absolute Gasteiger partial charge is 0.344 e. The van der Waals surface area contributed by atoms with Gasteiger partial charge < -0.3 is 14.5 Å². The second-order valence-electron chi connectivity index (χ2n) is 4.55. The molecule has 0 saturated carbocycles. The molecule has 0 bridgehead atoms. The normalized spacial score (nSPS) is 10.6. The van der Waals surface area contributed by atoms with Gasteiger partial charge in [0.25, 0.3) is 0 Å². The molecule has 0 aliphatic rings. The third-order valence-electron chi connectivity index (χ3n) is 3.05. The number of aromatic nitrogens is 3. The minimum absolute atomic E-state index is 0.136. The van der Waals surface area contributed by atoms with Crippen LogP contribution in [0.3, 0.4) is 0 Å². The Morgan fingerprint density at radius 3 is 2.91 bits per heavy atom. The monoisotopic (exact) mass is 297 g/mol. The third kappa shape index (κ3) is 2.90. The van der Waals surface area contributed by atoms with Gasteiger partial charge in [-0.2, -0.15) is 0 Å². The number of H-pyrrole nitrogens is 1. The topological polar surface area (TPSA) is 77.1 Å². The van der Waals surface area contributed by atoms with E-state index in [2.05, 4.69) is 15.0 Å². The Balaban J connectivity index is 1.88. The van der Waals surface area contributed by atoms with Crippen LogP contribution in [-0.2, 0) is 9.53 Å². The largest absolute Gasteiger partial charge is 0.481 e. The molecular weight excluding hydrogens is 282 g/mol. The molecule has 3 rings (SSSR count). The Hall–Kier alpha value is -2.89. The number of rotatable bonds is 5. The van der Waals surface area contributed by atoms with Gasteiger partial charge in [0.2, 0.25) is 0 Å². The maximum absolute atomic E-state index is 11.4. The minimum Gasteiger partial charge on any atom is -0.481 e. The SMILES string of the molecule is CCOC(=O)COc1ccccc1-c1nc2ncccc2[nH]1. The van der Waals surface area contributed by atoms with Crippen molar-refractivity contribution in [2.45, 2.75) is 6.92 Å². The van der Waals surface area contributed by atoms with Gasteiger partial charge in [-0.15, -0.1) is 0 Å². The van der Waals surface area contributed by atoms with Crippen molar-refractivity contribution >= 4 is 17.1 Å². The molecule has 0 amide bonds. The van der Waals surface area contributed by atoms with Crippen LogP contribution in [0.1, 0.15) is 6.92 Å². The van der Waals surface area contributed by atoms with Gasteiger partial charge >= 0.3 is 5.97 Å². The molecule has 22 heavy (non-hydrogen) atoms. The number of carbonyl (C=O) groups excluding carboxylic acids is 1.